The third-order valence-electron chi connectivity index (χ3n) is 5.69. The number of carbonyl (C=O) groups is 1. The third-order valence-corrected chi connectivity index (χ3v) is 6.61. The number of hydrogen-bond donors (Lipinski definition) is 2. The lowest BCUT2D eigenvalue weighted by molar-refractivity contribution is -0.384. The van der Waals surface area contributed by atoms with Crippen LogP contribution in [0, 0.1) is 10.1 Å². The van der Waals surface area contributed by atoms with Crippen LogP contribution in [0.3, 0.4) is 0 Å². The number of amides is 1. The number of halogens is 1. The first-order valence-corrected chi connectivity index (χ1v) is 13.0. The Balaban J connectivity index is 2.10. The van der Waals surface area contributed by atoms with E-state index in [1.165, 1.54) is 35.0 Å². The Morgan fingerprint density at radius 2 is 1.94 bits per heavy atom. The number of nitro benzene ring substituents is 1. The van der Waals surface area contributed by atoms with Gasteiger partial charge in [0.1, 0.15) is 5.69 Å². The van der Waals surface area contributed by atoms with Crippen LogP contribution in [0.1, 0.15) is 28.5 Å². The summed E-state index contributed by atoms with van der Waals surface area (Å²) in [4.78, 5) is 39.6. The zero-order valence-corrected chi connectivity index (χ0v) is 20.8. The summed E-state index contributed by atoms with van der Waals surface area (Å²) in [6.07, 6.45) is 2.97. The molecule has 0 unspecified atom stereocenters. The molecular weight excluding hydrogens is 508 g/mol. The minimum atomic E-state index is -3.96. The molecule has 0 aliphatic carbocycles. The van der Waals surface area contributed by atoms with E-state index in [1.54, 1.807) is 12.1 Å². The number of nitrogens with zero attached hydrogens (tertiary/aromatic N) is 2. The summed E-state index contributed by atoms with van der Waals surface area (Å²) >= 11 is 6.35. The SMILES string of the molecule is CCc1ccc2c(c1)c(-c1ccc[nH]c1=O)c(C(=O)NS(C)(=O)=O)n2Cc1cc([N+](=O)[O-])ccc1Cl. The molecule has 186 valence electrons. The number of nitrogens with one attached hydrogen (secondary N) is 2. The van der Waals surface area contributed by atoms with Crippen LogP contribution in [0.15, 0.2) is 59.5 Å². The van der Waals surface area contributed by atoms with Gasteiger partial charge in [-0.1, -0.05) is 24.6 Å². The van der Waals surface area contributed by atoms with Crippen molar-refractivity contribution >= 4 is 44.1 Å². The van der Waals surface area contributed by atoms with Gasteiger partial charge >= 0.3 is 0 Å². The molecule has 4 aromatic rings. The molecule has 0 saturated carbocycles. The lowest BCUT2D eigenvalue weighted by atomic mass is 10.0. The van der Waals surface area contributed by atoms with Crippen LogP contribution in [-0.2, 0) is 23.0 Å². The molecular formula is C24H21ClN4O6S. The number of aromatic nitrogens is 2. The normalized spacial score (nSPS) is 11.5. The minimum Gasteiger partial charge on any atom is -0.331 e. The molecule has 0 spiro atoms. The molecule has 2 heterocycles. The molecule has 10 nitrogen and oxygen atoms in total. The third kappa shape index (κ3) is 4.88. The molecule has 0 atom stereocenters. The number of pyridine rings is 1. The molecule has 2 aromatic heterocycles. The van der Waals surface area contributed by atoms with Gasteiger partial charge < -0.3 is 9.55 Å². The smallest absolute Gasteiger partial charge is 0.282 e. The summed E-state index contributed by atoms with van der Waals surface area (Å²) in [5.41, 5.74) is 1.43. The first-order valence-electron chi connectivity index (χ1n) is 10.8. The van der Waals surface area contributed by atoms with Gasteiger partial charge in [0.25, 0.3) is 17.2 Å². The molecule has 0 radical (unpaired) electrons. The average Bonchev–Trinajstić information content (AvgIpc) is 3.12. The quantitative estimate of drug-likeness (QED) is 0.275. The number of rotatable bonds is 7. The number of H-pyrrole nitrogens is 1. The summed E-state index contributed by atoms with van der Waals surface area (Å²) in [6.45, 7) is 1.85. The number of sulfonamides is 1. The van der Waals surface area contributed by atoms with Gasteiger partial charge in [0.2, 0.25) is 10.0 Å². The molecule has 0 fully saturated rings. The first-order chi connectivity index (χ1) is 17.0. The molecule has 2 N–H and O–H groups in total. The van der Waals surface area contributed by atoms with Crippen LogP contribution in [0.5, 0.6) is 0 Å². The Kier molecular flexibility index (Phi) is 6.70. The van der Waals surface area contributed by atoms with E-state index in [-0.39, 0.29) is 34.1 Å². The van der Waals surface area contributed by atoms with Gasteiger partial charge in [0.05, 0.1) is 17.7 Å². The molecule has 0 bridgehead atoms. The molecule has 0 aliphatic heterocycles. The van der Waals surface area contributed by atoms with Crippen molar-refractivity contribution in [3.05, 3.63) is 97.0 Å². The summed E-state index contributed by atoms with van der Waals surface area (Å²) in [5.74, 6) is -0.952. The van der Waals surface area contributed by atoms with Gasteiger partial charge in [-0.25, -0.2) is 13.1 Å². The van der Waals surface area contributed by atoms with Crippen molar-refractivity contribution in [2.45, 2.75) is 19.9 Å². The van der Waals surface area contributed by atoms with Gasteiger partial charge in [-0.2, -0.15) is 0 Å². The van der Waals surface area contributed by atoms with Crippen molar-refractivity contribution in [2.24, 2.45) is 0 Å². The highest BCUT2D eigenvalue weighted by molar-refractivity contribution is 7.89. The number of benzene rings is 2. The Labute approximate surface area is 210 Å². The Hall–Kier alpha value is -3.96. The lowest BCUT2D eigenvalue weighted by Gasteiger charge is -2.13. The predicted octanol–water partition coefficient (Wildman–Crippen LogP) is 3.86. The number of carbonyl (C=O) groups excluding carboxylic acids is 1. The van der Waals surface area contributed by atoms with E-state index < -0.39 is 26.4 Å². The Morgan fingerprint density at radius 3 is 2.58 bits per heavy atom. The second kappa shape index (κ2) is 9.59. The van der Waals surface area contributed by atoms with Crippen LogP contribution in [0.25, 0.3) is 22.0 Å². The number of aryl methyl sites for hydroxylation is 1. The van der Waals surface area contributed by atoms with Gasteiger partial charge in [-0.3, -0.25) is 19.7 Å². The van der Waals surface area contributed by atoms with Crippen LogP contribution in [0.2, 0.25) is 5.02 Å². The molecule has 12 heteroatoms. The average molecular weight is 529 g/mol. The van der Waals surface area contributed by atoms with E-state index in [0.29, 0.717) is 22.9 Å². The van der Waals surface area contributed by atoms with Crippen molar-refractivity contribution in [1.29, 1.82) is 0 Å². The maximum absolute atomic E-state index is 13.4. The second-order valence-electron chi connectivity index (χ2n) is 8.16. The van der Waals surface area contributed by atoms with Crippen molar-refractivity contribution in [3.8, 4) is 11.1 Å². The fourth-order valence-electron chi connectivity index (χ4n) is 4.10. The summed E-state index contributed by atoms with van der Waals surface area (Å²) < 4.78 is 27.5. The molecule has 4 rings (SSSR count). The van der Waals surface area contributed by atoms with Crippen molar-refractivity contribution in [2.75, 3.05) is 6.26 Å². The van der Waals surface area contributed by atoms with Gasteiger partial charge in [0, 0.05) is 45.4 Å². The fourth-order valence-corrected chi connectivity index (χ4v) is 4.71. The topological polar surface area (TPSA) is 144 Å². The van der Waals surface area contributed by atoms with Crippen LogP contribution in [0.4, 0.5) is 5.69 Å². The second-order valence-corrected chi connectivity index (χ2v) is 10.3. The van der Waals surface area contributed by atoms with Crippen LogP contribution >= 0.6 is 11.6 Å². The Bertz CT molecular complexity index is 1690. The van der Waals surface area contributed by atoms with Gasteiger partial charge in [-0.15, -0.1) is 0 Å². The van der Waals surface area contributed by atoms with Crippen LogP contribution in [-0.4, -0.2) is 35.1 Å². The van der Waals surface area contributed by atoms with Crippen molar-refractivity contribution in [3.63, 3.8) is 0 Å². The maximum atomic E-state index is 13.4. The largest absolute Gasteiger partial charge is 0.331 e. The zero-order chi connectivity index (χ0) is 26.2. The van der Waals surface area contributed by atoms with E-state index in [1.807, 2.05) is 23.8 Å². The maximum Gasteiger partial charge on any atom is 0.282 e. The molecule has 1 amide bonds. The highest BCUT2D eigenvalue weighted by Gasteiger charge is 2.28. The van der Waals surface area contributed by atoms with E-state index in [4.69, 9.17) is 11.6 Å². The molecule has 36 heavy (non-hydrogen) atoms. The molecule has 0 aliphatic rings. The van der Waals surface area contributed by atoms with Crippen LogP contribution < -0.4 is 10.3 Å². The number of fused-ring (bicyclic) bond motifs is 1. The summed E-state index contributed by atoms with van der Waals surface area (Å²) in [7, 11) is -3.96. The predicted molar refractivity (Wildman–Crippen MR) is 137 cm³/mol. The molecule has 0 saturated heterocycles. The van der Waals surface area contributed by atoms with Crippen molar-refractivity contribution < 1.29 is 18.1 Å². The molecule has 2 aromatic carbocycles. The number of hydrogen-bond acceptors (Lipinski definition) is 6. The lowest BCUT2D eigenvalue weighted by Crippen LogP contribution is -2.32. The highest BCUT2D eigenvalue weighted by atomic mass is 35.5. The Morgan fingerprint density at radius 1 is 1.19 bits per heavy atom. The van der Waals surface area contributed by atoms with E-state index in [9.17, 15) is 28.1 Å². The van der Waals surface area contributed by atoms with Gasteiger partial charge in [0.15, 0.2) is 0 Å². The van der Waals surface area contributed by atoms with E-state index in [2.05, 4.69) is 4.98 Å². The van der Waals surface area contributed by atoms with E-state index >= 15 is 0 Å². The summed E-state index contributed by atoms with van der Waals surface area (Å²) in [5, 5.41) is 12.1. The van der Waals surface area contributed by atoms with Crippen molar-refractivity contribution in [1.82, 2.24) is 14.3 Å². The number of nitro groups is 1. The number of non-ortho nitro benzene ring substituents is 1. The van der Waals surface area contributed by atoms with E-state index in [0.717, 1.165) is 11.8 Å². The standard InChI is InChI=1S/C24H21ClN4O6S/c1-3-14-6-9-20-18(11-14)21(17-5-4-10-26-23(17)30)22(24(31)27-36(2,34)35)28(20)13-15-12-16(29(32)33)7-8-19(15)25/h4-12H,3,13H2,1-2H3,(H,26,30)(H,27,31). The minimum absolute atomic E-state index is 0.0945. The zero-order valence-electron chi connectivity index (χ0n) is 19.2. The summed E-state index contributed by atoms with van der Waals surface area (Å²) in [6, 6.07) is 12.5. The number of aromatic amines is 1. The monoisotopic (exact) mass is 528 g/mol. The fraction of sp³-hybridized carbons (Fsp3) is 0.167. The highest BCUT2D eigenvalue weighted by Crippen LogP contribution is 2.36. The first kappa shape index (κ1) is 25.1. The van der Waals surface area contributed by atoms with Gasteiger partial charge in [-0.05, 0) is 47.9 Å².